The average molecular weight is 509 g/mol. The quantitative estimate of drug-likeness (QED) is 0.359. The lowest BCUT2D eigenvalue weighted by atomic mass is 10.1. The second-order valence-corrected chi connectivity index (χ2v) is 9.18. The molecule has 2 amide bonds. The average Bonchev–Trinajstić information content (AvgIpc) is 3.29. The molecule has 1 fully saturated rings. The fraction of sp³-hybridized carbons (Fsp3) is 0. The number of hydrogen-bond acceptors (Lipinski definition) is 6. The van der Waals surface area contributed by atoms with Crippen molar-refractivity contribution in [2.24, 2.45) is 10.2 Å². The molecule has 168 valence electrons. The van der Waals surface area contributed by atoms with Gasteiger partial charge in [-0.3, -0.25) is 14.5 Å². The molecule has 0 radical (unpaired) electrons. The lowest BCUT2D eigenvalue weighted by Gasteiger charge is -2.15. The van der Waals surface area contributed by atoms with Gasteiger partial charge in [-0.1, -0.05) is 41.4 Å². The smallest absolute Gasteiger partial charge is 0.276 e. The van der Waals surface area contributed by atoms with Gasteiger partial charge in [-0.05, 0) is 71.9 Å². The Balaban J connectivity index is 1.58. The van der Waals surface area contributed by atoms with Crippen LogP contribution in [0.25, 0.3) is 6.08 Å². The molecule has 2 aliphatic heterocycles. The van der Waals surface area contributed by atoms with Crippen LogP contribution in [0.5, 0.6) is 5.75 Å². The fourth-order valence-electron chi connectivity index (χ4n) is 3.42. The minimum Gasteiger partial charge on any atom is -0.508 e. The molecule has 0 spiro atoms. The number of amides is 2. The van der Waals surface area contributed by atoms with Crippen molar-refractivity contribution in [3.63, 3.8) is 0 Å². The molecule has 3 aromatic rings. The van der Waals surface area contributed by atoms with E-state index in [0.29, 0.717) is 31.9 Å². The van der Waals surface area contributed by atoms with Crippen molar-refractivity contribution < 1.29 is 14.7 Å². The number of fused-ring (bicyclic) bond motifs is 1. The van der Waals surface area contributed by atoms with E-state index in [0.717, 1.165) is 17.3 Å². The van der Waals surface area contributed by atoms with Crippen LogP contribution in [0.2, 0.25) is 10.0 Å². The summed E-state index contributed by atoms with van der Waals surface area (Å²) in [5.74, 6) is -0.606. The Bertz CT molecular complexity index is 1430. The molecule has 0 bridgehead atoms. The largest absolute Gasteiger partial charge is 0.508 e. The molecule has 5 rings (SSSR count). The highest BCUT2D eigenvalue weighted by atomic mass is 35.5. The van der Waals surface area contributed by atoms with E-state index in [9.17, 15) is 14.7 Å². The first-order chi connectivity index (χ1) is 16.4. The van der Waals surface area contributed by atoms with Crippen molar-refractivity contribution in [1.82, 2.24) is 0 Å². The number of benzene rings is 3. The van der Waals surface area contributed by atoms with Gasteiger partial charge in [-0.2, -0.15) is 0 Å². The molecule has 0 aliphatic carbocycles. The topological polar surface area (TPSA) is 94.4 Å². The number of halogens is 2. The lowest BCUT2D eigenvalue weighted by molar-refractivity contribution is -0.113. The second-order valence-electron chi connectivity index (χ2n) is 7.30. The lowest BCUT2D eigenvalue weighted by Crippen LogP contribution is -2.28. The number of phenols is 1. The zero-order chi connectivity index (χ0) is 23.8. The van der Waals surface area contributed by atoms with Gasteiger partial charge in [0.15, 0.2) is 5.71 Å². The third kappa shape index (κ3) is 4.31. The fourth-order valence-corrected chi connectivity index (χ4v) is 4.71. The molecule has 3 aromatic carbocycles. The van der Waals surface area contributed by atoms with Crippen LogP contribution in [0, 0.1) is 0 Å². The van der Waals surface area contributed by atoms with Crippen LogP contribution in [-0.4, -0.2) is 27.8 Å². The highest BCUT2D eigenvalue weighted by Gasteiger charge is 2.35. The maximum atomic E-state index is 13.3. The predicted octanol–water partition coefficient (Wildman–Crippen LogP) is 5.53. The third-order valence-electron chi connectivity index (χ3n) is 5.00. The van der Waals surface area contributed by atoms with Crippen LogP contribution in [0.1, 0.15) is 11.1 Å². The third-order valence-corrected chi connectivity index (χ3v) is 6.43. The Morgan fingerprint density at radius 1 is 0.941 bits per heavy atom. The number of carbonyl (C=O) groups is 2. The molecule has 0 saturated carbocycles. The van der Waals surface area contributed by atoms with Gasteiger partial charge in [0.1, 0.15) is 5.75 Å². The molecule has 0 atom stereocenters. The molecule has 2 heterocycles. The first kappa shape index (κ1) is 22.2. The minimum absolute atomic E-state index is 0.0973. The summed E-state index contributed by atoms with van der Waals surface area (Å²) in [5.41, 5.74) is 2.46. The highest BCUT2D eigenvalue weighted by molar-refractivity contribution is 8.19. The zero-order valence-electron chi connectivity index (χ0n) is 17.2. The van der Waals surface area contributed by atoms with E-state index in [1.165, 1.54) is 17.0 Å². The van der Waals surface area contributed by atoms with Crippen molar-refractivity contribution in [3.8, 4) is 5.75 Å². The van der Waals surface area contributed by atoms with Crippen LogP contribution in [-0.2, 0) is 9.59 Å². The second kappa shape index (κ2) is 8.98. The number of nitrogens with one attached hydrogen (secondary N) is 1. The monoisotopic (exact) mass is 508 g/mol. The Morgan fingerprint density at radius 3 is 2.47 bits per heavy atom. The van der Waals surface area contributed by atoms with Crippen molar-refractivity contribution in [2.45, 2.75) is 0 Å². The van der Waals surface area contributed by atoms with E-state index < -0.39 is 5.91 Å². The summed E-state index contributed by atoms with van der Waals surface area (Å²) in [6, 6.07) is 18.2. The molecular formula is C24H14Cl2N4O3S. The van der Waals surface area contributed by atoms with Crippen LogP contribution >= 0.6 is 35.0 Å². The van der Waals surface area contributed by atoms with E-state index in [2.05, 4.69) is 15.5 Å². The van der Waals surface area contributed by atoms with E-state index in [4.69, 9.17) is 23.2 Å². The number of nitrogens with zero attached hydrogens (tertiary/aromatic N) is 3. The summed E-state index contributed by atoms with van der Waals surface area (Å²) in [4.78, 5) is 27.6. The number of phenolic OH excluding ortho intramolecular Hbond substituents is 1. The first-order valence-corrected chi connectivity index (χ1v) is 11.5. The minimum atomic E-state index is -0.412. The molecule has 7 nitrogen and oxygen atoms in total. The summed E-state index contributed by atoms with van der Waals surface area (Å²) in [6.45, 7) is 0. The number of amidine groups is 1. The van der Waals surface area contributed by atoms with Crippen LogP contribution in [0.15, 0.2) is 81.8 Å². The Labute approximate surface area is 208 Å². The number of rotatable bonds is 3. The maximum Gasteiger partial charge on any atom is 0.276 e. The number of anilines is 2. The van der Waals surface area contributed by atoms with Crippen molar-refractivity contribution >= 4 is 75.1 Å². The Hall–Kier alpha value is -3.59. The number of aromatic hydroxyl groups is 1. The number of hydrogen-bond donors (Lipinski definition) is 2. The van der Waals surface area contributed by atoms with Crippen molar-refractivity contribution in [3.05, 3.63) is 92.8 Å². The summed E-state index contributed by atoms with van der Waals surface area (Å²) >= 11 is 13.4. The standard InChI is InChI=1S/C24H14Cl2N4O3S/c25-14-2-1-3-16(11-14)30-23(33)20(10-13-4-7-17(31)8-5-13)34-24(30)29-28-21-18-12-15(26)6-9-19(18)27-22(21)32/h1-12,31H,(H,27,28,32). The molecule has 2 N–H and O–H groups in total. The van der Waals surface area contributed by atoms with Crippen LogP contribution in [0.3, 0.4) is 0 Å². The van der Waals surface area contributed by atoms with E-state index in [-0.39, 0.29) is 22.5 Å². The molecule has 34 heavy (non-hydrogen) atoms. The van der Waals surface area contributed by atoms with Crippen LogP contribution in [0.4, 0.5) is 11.4 Å². The van der Waals surface area contributed by atoms with Crippen molar-refractivity contribution in [1.29, 1.82) is 0 Å². The normalized spacial score (nSPS) is 18.8. The first-order valence-electron chi connectivity index (χ1n) is 9.94. The maximum absolute atomic E-state index is 13.3. The van der Waals surface area contributed by atoms with Gasteiger partial charge < -0.3 is 10.4 Å². The Morgan fingerprint density at radius 2 is 1.71 bits per heavy atom. The number of thioether (sulfide) groups is 1. The molecule has 0 aromatic heterocycles. The Kier molecular flexibility index (Phi) is 5.87. The highest BCUT2D eigenvalue weighted by Crippen LogP contribution is 2.37. The van der Waals surface area contributed by atoms with E-state index in [1.54, 1.807) is 60.7 Å². The summed E-state index contributed by atoms with van der Waals surface area (Å²) in [5, 5.41) is 21.9. The molecule has 1 saturated heterocycles. The molecular weight excluding hydrogens is 495 g/mol. The van der Waals surface area contributed by atoms with Crippen LogP contribution < -0.4 is 10.2 Å². The predicted molar refractivity (Wildman–Crippen MR) is 137 cm³/mol. The molecule has 2 aliphatic rings. The van der Waals surface area contributed by atoms with Gasteiger partial charge in [0, 0.05) is 15.6 Å². The summed E-state index contributed by atoms with van der Waals surface area (Å²) in [6.07, 6.45) is 1.69. The number of carbonyl (C=O) groups excluding carboxylic acids is 2. The van der Waals surface area contributed by atoms with Gasteiger partial charge in [0.2, 0.25) is 5.17 Å². The summed E-state index contributed by atoms with van der Waals surface area (Å²) < 4.78 is 0. The van der Waals surface area contributed by atoms with E-state index >= 15 is 0 Å². The zero-order valence-corrected chi connectivity index (χ0v) is 19.5. The summed E-state index contributed by atoms with van der Waals surface area (Å²) in [7, 11) is 0. The molecule has 10 heteroatoms. The molecule has 0 unspecified atom stereocenters. The van der Waals surface area contributed by atoms with Gasteiger partial charge in [0.05, 0.1) is 16.3 Å². The van der Waals surface area contributed by atoms with Gasteiger partial charge >= 0.3 is 0 Å². The van der Waals surface area contributed by atoms with Gasteiger partial charge in [-0.15, -0.1) is 10.2 Å². The van der Waals surface area contributed by atoms with Gasteiger partial charge in [0.25, 0.3) is 11.8 Å². The van der Waals surface area contributed by atoms with Gasteiger partial charge in [-0.25, -0.2) is 0 Å². The van der Waals surface area contributed by atoms with E-state index in [1.807, 2.05) is 0 Å². The van der Waals surface area contributed by atoms with Crippen molar-refractivity contribution in [2.75, 3.05) is 10.2 Å². The SMILES string of the molecule is O=C1Nc2ccc(Cl)cc2C1=NN=C1SC(=Cc2ccc(O)cc2)C(=O)N1c1cccc(Cl)c1.